The fraction of sp³-hybridized carbons (Fsp3) is 0.333. The summed E-state index contributed by atoms with van der Waals surface area (Å²) >= 11 is 5.58. The van der Waals surface area contributed by atoms with Crippen LogP contribution in [0.5, 0.6) is 0 Å². The van der Waals surface area contributed by atoms with Crippen molar-refractivity contribution < 1.29 is 0 Å². The number of hydrogen-bond acceptors (Lipinski definition) is 2. The highest BCUT2D eigenvalue weighted by Gasteiger charge is 2.12. The molecule has 0 unspecified atom stereocenters. The van der Waals surface area contributed by atoms with Gasteiger partial charge in [0.1, 0.15) is 5.82 Å². The van der Waals surface area contributed by atoms with Crippen LogP contribution in [0.3, 0.4) is 0 Å². The van der Waals surface area contributed by atoms with Gasteiger partial charge in [-0.05, 0) is 53.5 Å². The molecule has 0 amide bonds. The molecular formula is C15H16BrIN2O. The predicted molar refractivity (Wildman–Crippen MR) is 94.0 cm³/mol. The van der Waals surface area contributed by atoms with Crippen molar-refractivity contribution in [2.45, 2.75) is 27.2 Å². The molecule has 0 saturated heterocycles. The molecule has 20 heavy (non-hydrogen) atoms. The van der Waals surface area contributed by atoms with Crippen LogP contribution in [0.25, 0.3) is 11.4 Å². The zero-order valence-electron chi connectivity index (χ0n) is 11.6. The van der Waals surface area contributed by atoms with Gasteiger partial charge in [0.2, 0.25) is 0 Å². The Balaban J connectivity index is 2.54. The monoisotopic (exact) mass is 446 g/mol. The summed E-state index contributed by atoms with van der Waals surface area (Å²) in [6.07, 6.45) is 0.808. The molecule has 0 fully saturated rings. The maximum Gasteiger partial charge on any atom is 0.264 e. The molecule has 1 heterocycles. The summed E-state index contributed by atoms with van der Waals surface area (Å²) in [6.45, 7) is 6.28. The van der Waals surface area contributed by atoms with Gasteiger partial charge in [-0.15, -0.1) is 0 Å². The number of halogens is 2. The topological polar surface area (TPSA) is 45.8 Å². The van der Waals surface area contributed by atoms with Crippen molar-refractivity contribution in [3.8, 4) is 11.4 Å². The van der Waals surface area contributed by atoms with Crippen LogP contribution in [-0.2, 0) is 6.42 Å². The van der Waals surface area contributed by atoms with Gasteiger partial charge in [0.05, 0.1) is 9.26 Å². The van der Waals surface area contributed by atoms with Gasteiger partial charge in [-0.3, -0.25) is 4.79 Å². The van der Waals surface area contributed by atoms with Crippen molar-refractivity contribution in [3.63, 3.8) is 0 Å². The van der Waals surface area contributed by atoms with Gasteiger partial charge >= 0.3 is 0 Å². The average Bonchev–Trinajstić information content (AvgIpc) is 2.37. The van der Waals surface area contributed by atoms with Crippen molar-refractivity contribution in [1.82, 2.24) is 9.97 Å². The fourth-order valence-corrected chi connectivity index (χ4v) is 2.76. The van der Waals surface area contributed by atoms with Crippen LogP contribution in [0, 0.1) is 16.4 Å². The predicted octanol–water partition coefficient (Wildman–Crippen LogP) is 4.31. The van der Waals surface area contributed by atoms with Crippen LogP contribution < -0.4 is 5.56 Å². The highest BCUT2D eigenvalue weighted by Crippen LogP contribution is 2.23. The van der Waals surface area contributed by atoms with Crippen molar-refractivity contribution in [1.29, 1.82) is 0 Å². The zero-order chi connectivity index (χ0) is 14.9. The number of rotatable bonds is 3. The first kappa shape index (κ1) is 15.7. The Morgan fingerprint density at radius 2 is 2.10 bits per heavy atom. The molecular weight excluding hydrogens is 431 g/mol. The van der Waals surface area contributed by atoms with Gasteiger partial charge in [-0.1, -0.05) is 41.9 Å². The Morgan fingerprint density at radius 3 is 2.70 bits per heavy atom. The molecule has 0 bridgehead atoms. The maximum absolute atomic E-state index is 12.1. The second-order valence-corrected chi connectivity index (χ2v) is 7.17. The fourth-order valence-electron chi connectivity index (χ4n) is 1.90. The van der Waals surface area contributed by atoms with E-state index in [2.05, 4.69) is 62.3 Å². The van der Waals surface area contributed by atoms with E-state index in [1.165, 1.54) is 0 Å². The lowest BCUT2D eigenvalue weighted by Crippen LogP contribution is -2.17. The normalized spacial score (nSPS) is 11.1. The summed E-state index contributed by atoms with van der Waals surface area (Å²) in [5.74, 6) is 1.10. The Labute approximate surface area is 140 Å². The second kappa shape index (κ2) is 6.39. The summed E-state index contributed by atoms with van der Waals surface area (Å²) < 4.78 is 1.70. The highest BCUT2D eigenvalue weighted by molar-refractivity contribution is 14.1. The summed E-state index contributed by atoms with van der Waals surface area (Å²) in [5.41, 5.74) is 2.88. The Bertz CT molecular complexity index is 695. The number of aromatic amines is 1. The molecule has 1 aromatic carbocycles. The lowest BCUT2D eigenvalue weighted by Gasteiger charge is -2.09. The van der Waals surface area contributed by atoms with Crippen molar-refractivity contribution in [2.24, 2.45) is 5.92 Å². The third kappa shape index (κ3) is 3.49. The summed E-state index contributed by atoms with van der Waals surface area (Å²) in [7, 11) is 0. The second-order valence-electron chi connectivity index (χ2n) is 5.24. The van der Waals surface area contributed by atoms with E-state index in [0.717, 1.165) is 27.7 Å². The molecule has 1 N–H and O–H groups in total. The SMILES string of the molecule is Cc1ccc(-c2nc(CC(C)C)c(I)c(=O)[nH]2)cc1Br. The van der Waals surface area contributed by atoms with Crippen molar-refractivity contribution in [3.05, 3.63) is 47.9 Å². The van der Waals surface area contributed by atoms with Crippen LogP contribution in [0.2, 0.25) is 0 Å². The number of H-pyrrole nitrogens is 1. The van der Waals surface area contributed by atoms with Crippen LogP contribution in [0.1, 0.15) is 25.1 Å². The third-order valence-corrected chi connectivity index (χ3v) is 4.95. The minimum Gasteiger partial charge on any atom is -0.306 e. The number of hydrogen-bond donors (Lipinski definition) is 1. The van der Waals surface area contributed by atoms with E-state index < -0.39 is 0 Å². The first-order valence-electron chi connectivity index (χ1n) is 6.43. The lowest BCUT2D eigenvalue weighted by molar-refractivity contribution is 0.631. The molecule has 1 aromatic heterocycles. The van der Waals surface area contributed by atoms with E-state index in [0.29, 0.717) is 15.3 Å². The smallest absolute Gasteiger partial charge is 0.264 e. The molecule has 2 aromatic rings. The molecule has 0 radical (unpaired) electrons. The minimum absolute atomic E-state index is 0.0667. The molecule has 0 aliphatic rings. The Kier molecular flexibility index (Phi) is 5.01. The van der Waals surface area contributed by atoms with E-state index in [-0.39, 0.29) is 5.56 Å². The van der Waals surface area contributed by atoms with Gasteiger partial charge in [-0.25, -0.2) is 4.98 Å². The van der Waals surface area contributed by atoms with Crippen molar-refractivity contribution >= 4 is 38.5 Å². The molecule has 2 rings (SSSR count). The summed E-state index contributed by atoms with van der Waals surface area (Å²) in [4.78, 5) is 19.5. The number of aromatic nitrogens is 2. The standard InChI is InChI=1S/C15H16BrIN2O/c1-8(2)6-12-13(17)15(20)19-14(18-12)10-5-4-9(3)11(16)7-10/h4-5,7-8H,6H2,1-3H3,(H,18,19,20). The molecule has 0 aliphatic carbocycles. The number of nitrogens with zero attached hydrogens (tertiary/aromatic N) is 1. The van der Waals surface area contributed by atoms with Crippen molar-refractivity contribution in [2.75, 3.05) is 0 Å². The quantitative estimate of drug-likeness (QED) is 0.714. The molecule has 0 aliphatic heterocycles. The van der Waals surface area contributed by atoms with Gasteiger partial charge in [0.15, 0.2) is 0 Å². The highest BCUT2D eigenvalue weighted by atomic mass is 127. The van der Waals surface area contributed by atoms with Crippen LogP contribution in [-0.4, -0.2) is 9.97 Å². The van der Waals surface area contributed by atoms with Gasteiger partial charge in [-0.2, -0.15) is 0 Å². The number of aryl methyl sites for hydroxylation is 1. The van der Waals surface area contributed by atoms with E-state index in [9.17, 15) is 4.79 Å². The minimum atomic E-state index is -0.0667. The van der Waals surface area contributed by atoms with Crippen LogP contribution in [0.15, 0.2) is 27.5 Å². The molecule has 5 heteroatoms. The number of benzene rings is 1. The van der Waals surface area contributed by atoms with Gasteiger partial charge in [0.25, 0.3) is 5.56 Å². The number of nitrogens with one attached hydrogen (secondary N) is 1. The zero-order valence-corrected chi connectivity index (χ0v) is 15.4. The van der Waals surface area contributed by atoms with Gasteiger partial charge < -0.3 is 4.98 Å². The van der Waals surface area contributed by atoms with Gasteiger partial charge in [0, 0.05) is 10.0 Å². The maximum atomic E-state index is 12.1. The summed E-state index contributed by atoms with van der Waals surface area (Å²) in [6, 6.07) is 5.98. The molecule has 3 nitrogen and oxygen atoms in total. The Hall–Kier alpha value is -0.690. The first-order valence-corrected chi connectivity index (χ1v) is 8.31. The molecule has 106 valence electrons. The molecule has 0 saturated carbocycles. The Morgan fingerprint density at radius 1 is 1.40 bits per heavy atom. The molecule has 0 atom stereocenters. The average molecular weight is 447 g/mol. The van der Waals surface area contributed by atoms with E-state index in [1.54, 1.807) is 0 Å². The first-order chi connectivity index (χ1) is 9.38. The lowest BCUT2D eigenvalue weighted by atomic mass is 10.1. The van der Waals surface area contributed by atoms with Crippen LogP contribution >= 0.6 is 38.5 Å². The largest absolute Gasteiger partial charge is 0.306 e. The molecule has 0 spiro atoms. The van der Waals surface area contributed by atoms with Crippen LogP contribution in [0.4, 0.5) is 0 Å². The van der Waals surface area contributed by atoms with E-state index in [1.807, 2.05) is 25.1 Å². The van der Waals surface area contributed by atoms with E-state index in [4.69, 9.17) is 0 Å². The van der Waals surface area contributed by atoms with E-state index >= 15 is 0 Å². The third-order valence-electron chi connectivity index (χ3n) is 2.98. The summed E-state index contributed by atoms with van der Waals surface area (Å²) in [5, 5.41) is 0.